The van der Waals surface area contributed by atoms with Gasteiger partial charge in [0, 0.05) is 5.02 Å². The Morgan fingerprint density at radius 1 is 1.25 bits per heavy atom. The van der Waals surface area contributed by atoms with Crippen molar-refractivity contribution in [1.29, 1.82) is 0 Å². The molecule has 0 aliphatic rings. The summed E-state index contributed by atoms with van der Waals surface area (Å²) in [6, 6.07) is 13.9. The number of rotatable bonds is 4. The zero-order valence-electron chi connectivity index (χ0n) is 12.9. The van der Waals surface area contributed by atoms with Gasteiger partial charge in [0.05, 0.1) is 11.4 Å². The second-order valence-corrected chi connectivity index (χ2v) is 5.85. The Labute approximate surface area is 143 Å². The van der Waals surface area contributed by atoms with Crippen LogP contribution in [-0.2, 0) is 11.3 Å². The minimum absolute atomic E-state index is 0.193. The molecule has 0 saturated heterocycles. The summed E-state index contributed by atoms with van der Waals surface area (Å²) in [6.45, 7) is 1.65. The van der Waals surface area contributed by atoms with Crippen molar-refractivity contribution in [3.8, 4) is 0 Å². The van der Waals surface area contributed by atoms with Crippen LogP contribution >= 0.6 is 11.6 Å². The number of nitrogens with zero attached hydrogens (tertiary/aromatic N) is 3. The highest BCUT2D eigenvalue weighted by molar-refractivity contribution is 6.30. The topological polar surface area (TPSA) is 76.9 Å². The van der Waals surface area contributed by atoms with Crippen molar-refractivity contribution >= 4 is 28.4 Å². The molecule has 0 spiro atoms. The Morgan fingerprint density at radius 3 is 2.83 bits per heavy atom. The van der Waals surface area contributed by atoms with E-state index in [9.17, 15) is 9.59 Å². The number of amides is 1. The molecule has 7 heteroatoms. The average molecular weight is 343 g/mol. The van der Waals surface area contributed by atoms with E-state index < -0.39 is 0 Å². The summed E-state index contributed by atoms with van der Waals surface area (Å²) in [7, 11) is 0. The summed E-state index contributed by atoms with van der Waals surface area (Å²) in [6.07, 6.45) is 0. The van der Waals surface area contributed by atoms with E-state index in [-0.39, 0.29) is 24.1 Å². The number of carbonyl (C=O) groups is 1. The molecule has 1 amide bonds. The van der Waals surface area contributed by atoms with Crippen molar-refractivity contribution in [1.82, 2.24) is 20.3 Å². The Hall–Kier alpha value is -2.73. The molecule has 0 aliphatic carbocycles. The van der Waals surface area contributed by atoms with Gasteiger partial charge in [-0.15, -0.1) is 5.10 Å². The summed E-state index contributed by atoms with van der Waals surface area (Å²) in [5.41, 5.74) is 1.05. The van der Waals surface area contributed by atoms with Crippen LogP contribution in [0.2, 0.25) is 5.02 Å². The van der Waals surface area contributed by atoms with E-state index in [1.54, 1.807) is 36.4 Å². The molecule has 122 valence electrons. The molecule has 3 aromatic rings. The number of hydrogen-bond donors (Lipinski definition) is 1. The Morgan fingerprint density at radius 2 is 2.04 bits per heavy atom. The van der Waals surface area contributed by atoms with Crippen LogP contribution < -0.4 is 10.9 Å². The Kier molecular flexibility index (Phi) is 4.57. The van der Waals surface area contributed by atoms with E-state index in [4.69, 9.17) is 11.6 Å². The smallest absolute Gasteiger partial charge is 0.278 e. The molecule has 1 aromatic heterocycles. The molecule has 0 radical (unpaired) electrons. The lowest BCUT2D eigenvalue weighted by molar-refractivity contribution is -0.122. The third kappa shape index (κ3) is 3.44. The quantitative estimate of drug-likeness (QED) is 0.789. The number of hydrogen-bond acceptors (Lipinski definition) is 4. The van der Waals surface area contributed by atoms with Crippen molar-refractivity contribution in [2.45, 2.75) is 19.5 Å². The third-order valence-corrected chi connectivity index (χ3v) is 3.88. The number of nitrogens with one attached hydrogen (secondary N) is 1. The Balaban J connectivity index is 1.75. The van der Waals surface area contributed by atoms with E-state index in [1.165, 1.54) is 0 Å². The van der Waals surface area contributed by atoms with Crippen LogP contribution in [0.4, 0.5) is 0 Å². The molecule has 0 bridgehead atoms. The van der Waals surface area contributed by atoms with Crippen molar-refractivity contribution < 1.29 is 4.79 Å². The van der Waals surface area contributed by atoms with E-state index in [1.807, 2.05) is 19.1 Å². The highest BCUT2D eigenvalue weighted by Gasteiger charge is 2.13. The second kappa shape index (κ2) is 6.80. The molecule has 1 atom stereocenters. The third-order valence-electron chi connectivity index (χ3n) is 3.65. The zero-order valence-corrected chi connectivity index (χ0v) is 13.7. The van der Waals surface area contributed by atoms with E-state index >= 15 is 0 Å². The van der Waals surface area contributed by atoms with Crippen LogP contribution in [0.15, 0.2) is 53.3 Å². The molecule has 24 heavy (non-hydrogen) atoms. The normalized spacial score (nSPS) is 12.1. The van der Waals surface area contributed by atoms with Gasteiger partial charge in [-0.25, -0.2) is 4.68 Å². The minimum atomic E-state index is -0.342. The van der Waals surface area contributed by atoms with Crippen LogP contribution in [-0.4, -0.2) is 20.9 Å². The van der Waals surface area contributed by atoms with Crippen molar-refractivity contribution in [3.63, 3.8) is 0 Å². The van der Waals surface area contributed by atoms with Gasteiger partial charge in [-0.3, -0.25) is 9.59 Å². The molecule has 0 unspecified atom stereocenters. The Bertz CT molecular complexity index is 954. The molecule has 1 heterocycles. The number of fused-ring (bicyclic) bond motifs is 1. The summed E-state index contributed by atoms with van der Waals surface area (Å²) in [5, 5.41) is 11.6. The fourth-order valence-corrected chi connectivity index (χ4v) is 2.61. The minimum Gasteiger partial charge on any atom is -0.348 e. The van der Waals surface area contributed by atoms with E-state index in [0.717, 1.165) is 10.2 Å². The van der Waals surface area contributed by atoms with Gasteiger partial charge >= 0.3 is 0 Å². The van der Waals surface area contributed by atoms with Crippen molar-refractivity contribution in [2.75, 3.05) is 0 Å². The molecule has 0 aliphatic heterocycles. The maximum Gasteiger partial charge on any atom is 0.278 e. The number of carbonyl (C=O) groups excluding carboxylic acids is 1. The lowest BCUT2D eigenvalue weighted by Gasteiger charge is -2.14. The fourth-order valence-electron chi connectivity index (χ4n) is 2.41. The SMILES string of the molecule is C[C@H](NC(=O)Cn1nnc2ccccc2c1=O)c1cccc(Cl)c1. The van der Waals surface area contributed by atoms with Gasteiger partial charge in [-0.05, 0) is 36.8 Å². The zero-order chi connectivity index (χ0) is 17.1. The van der Waals surface area contributed by atoms with Crippen LogP contribution in [0.5, 0.6) is 0 Å². The van der Waals surface area contributed by atoms with Gasteiger partial charge in [0.2, 0.25) is 5.91 Å². The molecule has 2 aromatic carbocycles. The van der Waals surface area contributed by atoms with Crippen LogP contribution in [0.3, 0.4) is 0 Å². The number of halogens is 1. The van der Waals surface area contributed by atoms with Gasteiger partial charge in [0.25, 0.3) is 5.56 Å². The first kappa shape index (κ1) is 16.1. The lowest BCUT2D eigenvalue weighted by atomic mass is 10.1. The van der Waals surface area contributed by atoms with E-state index in [2.05, 4.69) is 15.6 Å². The second-order valence-electron chi connectivity index (χ2n) is 5.41. The monoisotopic (exact) mass is 342 g/mol. The highest BCUT2D eigenvalue weighted by Crippen LogP contribution is 2.17. The first-order valence-electron chi connectivity index (χ1n) is 7.42. The van der Waals surface area contributed by atoms with Gasteiger partial charge < -0.3 is 5.32 Å². The molecule has 3 rings (SSSR count). The van der Waals surface area contributed by atoms with Crippen LogP contribution in [0.25, 0.3) is 10.9 Å². The van der Waals surface area contributed by atoms with Gasteiger partial charge in [-0.2, -0.15) is 0 Å². The van der Waals surface area contributed by atoms with Crippen LogP contribution in [0.1, 0.15) is 18.5 Å². The van der Waals surface area contributed by atoms with E-state index in [0.29, 0.717) is 15.9 Å². The summed E-state index contributed by atoms with van der Waals surface area (Å²) >= 11 is 5.96. The molecular formula is C17H15ClN4O2. The average Bonchev–Trinajstić information content (AvgIpc) is 2.57. The summed E-state index contributed by atoms with van der Waals surface area (Å²) in [5.74, 6) is -0.325. The highest BCUT2D eigenvalue weighted by atomic mass is 35.5. The van der Waals surface area contributed by atoms with Crippen molar-refractivity contribution in [2.24, 2.45) is 0 Å². The fraction of sp³-hybridized carbons (Fsp3) is 0.176. The van der Waals surface area contributed by atoms with Gasteiger partial charge in [0.15, 0.2) is 0 Å². The predicted molar refractivity (Wildman–Crippen MR) is 91.8 cm³/mol. The molecule has 0 saturated carbocycles. The van der Waals surface area contributed by atoms with Crippen LogP contribution in [0, 0.1) is 0 Å². The number of benzene rings is 2. The maximum absolute atomic E-state index is 12.3. The molecule has 0 fully saturated rings. The molecule has 6 nitrogen and oxygen atoms in total. The molecule has 1 N–H and O–H groups in total. The maximum atomic E-state index is 12.3. The first-order chi connectivity index (χ1) is 11.5. The number of aromatic nitrogens is 3. The first-order valence-corrected chi connectivity index (χ1v) is 7.80. The predicted octanol–water partition coefficient (Wildman–Crippen LogP) is 2.32. The standard InChI is InChI=1S/C17H15ClN4O2/c1-11(12-5-4-6-13(18)9-12)19-16(23)10-22-17(24)14-7-2-3-8-15(14)20-21-22/h2-9,11H,10H2,1H3,(H,19,23)/t11-/m0/s1. The largest absolute Gasteiger partial charge is 0.348 e. The van der Waals surface area contributed by atoms with Crippen molar-refractivity contribution in [3.05, 3.63) is 69.5 Å². The molecular weight excluding hydrogens is 328 g/mol. The summed E-state index contributed by atoms with van der Waals surface area (Å²) < 4.78 is 1.06. The van der Waals surface area contributed by atoms with Gasteiger partial charge in [0.1, 0.15) is 12.1 Å². The van der Waals surface area contributed by atoms with Gasteiger partial charge in [-0.1, -0.05) is 41.1 Å². The lowest BCUT2D eigenvalue weighted by Crippen LogP contribution is -2.35. The summed E-state index contributed by atoms with van der Waals surface area (Å²) in [4.78, 5) is 24.5.